The highest BCUT2D eigenvalue weighted by molar-refractivity contribution is 14.1. The molecule has 1 aromatic carbocycles. The molecule has 0 spiro atoms. The van der Waals surface area contributed by atoms with Crippen LogP contribution in [0, 0.1) is 0 Å². The molecule has 2 heterocycles. The van der Waals surface area contributed by atoms with Gasteiger partial charge in [-0.25, -0.2) is 0 Å². The van der Waals surface area contributed by atoms with E-state index in [0.29, 0.717) is 5.69 Å². The Kier molecular flexibility index (Phi) is 2.20. The van der Waals surface area contributed by atoms with E-state index in [4.69, 9.17) is 0 Å². The molecule has 1 aliphatic heterocycles. The van der Waals surface area contributed by atoms with Crippen LogP contribution in [0.5, 0.6) is 0 Å². The van der Waals surface area contributed by atoms with Crippen molar-refractivity contribution in [1.29, 1.82) is 0 Å². The third-order valence-corrected chi connectivity index (χ3v) is 3.52. The number of aromatic nitrogens is 2. The molecule has 0 fully saturated rings. The standard InChI is InChI=1S/C11H8IN3O/c12-10-7-8(6-4-2-1-3-5-6)14-15-9(7)11(16)13-10/h1-5,10H,(H,13,16)(H,14,15). The number of hydrogen-bond acceptors (Lipinski definition) is 2. The molecule has 0 saturated heterocycles. The Labute approximate surface area is 106 Å². The molecule has 1 aliphatic rings. The fourth-order valence-electron chi connectivity index (χ4n) is 1.85. The Morgan fingerprint density at radius 1 is 1.25 bits per heavy atom. The van der Waals surface area contributed by atoms with E-state index in [-0.39, 0.29) is 9.96 Å². The molecule has 0 radical (unpaired) electrons. The molecule has 0 bridgehead atoms. The number of fused-ring (bicyclic) bond motifs is 1. The molecule has 1 amide bonds. The quantitative estimate of drug-likeness (QED) is 0.480. The first kappa shape index (κ1) is 9.83. The zero-order valence-electron chi connectivity index (χ0n) is 8.20. The van der Waals surface area contributed by atoms with Crippen LogP contribution in [0.1, 0.15) is 20.1 Å². The number of carbonyl (C=O) groups excluding carboxylic acids is 1. The van der Waals surface area contributed by atoms with Gasteiger partial charge < -0.3 is 5.32 Å². The third kappa shape index (κ3) is 1.35. The number of amides is 1. The van der Waals surface area contributed by atoms with Crippen molar-refractivity contribution in [1.82, 2.24) is 15.5 Å². The summed E-state index contributed by atoms with van der Waals surface area (Å²) in [4.78, 5) is 11.5. The lowest BCUT2D eigenvalue weighted by atomic mass is 10.1. The molecular formula is C11H8IN3O. The smallest absolute Gasteiger partial charge is 0.270 e. The highest BCUT2D eigenvalue weighted by atomic mass is 127. The zero-order chi connectivity index (χ0) is 11.1. The Morgan fingerprint density at radius 2 is 2.00 bits per heavy atom. The predicted octanol–water partition coefficient (Wildman–Crippen LogP) is 2.25. The lowest BCUT2D eigenvalue weighted by Gasteiger charge is -2.03. The molecule has 0 saturated carbocycles. The summed E-state index contributed by atoms with van der Waals surface area (Å²) in [5, 5.41) is 9.87. The Bertz CT molecular complexity index is 550. The third-order valence-electron chi connectivity index (χ3n) is 2.59. The number of carbonyl (C=O) groups is 1. The molecule has 1 aromatic heterocycles. The number of hydrogen-bond donors (Lipinski definition) is 2. The van der Waals surface area contributed by atoms with Crippen molar-refractivity contribution in [3.05, 3.63) is 41.6 Å². The minimum atomic E-state index is -0.0796. The van der Waals surface area contributed by atoms with Crippen LogP contribution in [-0.2, 0) is 0 Å². The molecule has 80 valence electrons. The van der Waals surface area contributed by atoms with Gasteiger partial charge in [-0.2, -0.15) is 5.10 Å². The van der Waals surface area contributed by atoms with Crippen molar-refractivity contribution in [3.63, 3.8) is 0 Å². The highest BCUT2D eigenvalue weighted by Crippen LogP contribution is 2.36. The van der Waals surface area contributed by atoms with Crippen LogP contribution in [-0.4, -0.2) is 16.1 Å². The number of rotatable bonds is 1. The van der Waals surface area contributed by atoms with Gasteiger partial charge in [0.25, 0.3) is 5.91 Å². The fourth-order valence-corrected chi connectivity index (χ4v) is 2.74. The number of H-pyrrole nitrogens is 1. The predicted molar refractivity (Wildman–Crippen MR) is 68.3 cm³/mol. The molecule has 2 N–H and O–H groups in total. The first-order valence-electron chi connectivity index (χ1n) is 4.86. The second kappa shape index (κ2) is 3.58. The Hall–Kier alpha value is -1.37. The maximum atomic E-state index is 11.5. The molecular weight excluding hydrogens is 317 g/mol. The van der Waals surface area contributed by atoms with Gasteiger partial charge in [0.2, 0.25) is 0 Å². The van der Waals surface area contributed by atoms with Crippen molar-refractivity contribution in [2.75, 3.05) is 0 Å². The molecule has 5 heteroatoms. The summed E-state index contributed by atoms with van der Waals surface area (Å²) in [5.41, 5.74) is 3.42. The molecule has 3 rings (SSSR count). The van der Waals surface area contributed by atoms with Crippen molar-refractivity contribution >= 4 is 28.5 Å². The maximum absolute atomic E-state index is 11.5. The number of benzene rings is 1. The van der Waals surface area contributed by atoms with Gasteiger partial charge in [0.1, 0.15) is 9.74 Å². The molecule has 2 aromatic rings. The summed E-state index contributed by atoms with van der Waals surface area (Å²) in [6, 6.07) is 9.86. The average Bonchev–Trinajstić information content (AvgIpc) is 2.84. The lowest BCUT2D eigenvalue weighted by Crippen LogP contribution is -2.16. The summed E-state index contributed by atoms with van der Waals surface area (Å²) < 4.78 is -0.00550. The van der Waals surface area contributed by atoms with Crippen LogP contribution in [0.2, 0.25) is 0 Å². The van der Waals surface area contributed by atoms with E-state index in [0.717, 1.165) is 16.8 Å². The average molecular weight is 325 g/mol. The first-order chi connectivity index (χ1) is 7.77. The second-order valence-corrected chi connectivity index (χ2v) is 4.81. The first-order valence-corrected chi connectivity index (χ1v) is 6.10. The number of nitrogens with one attached hydrogen (secondary N) is 2. The molecule has 16 heavy (non-hydrogen) atoms. The van der Waals surface area contributed by atoms with Crippen LogP contribution in [0.4, 0.5) is 0 Å². The van der Waals surface area contributed by atoms with Gasteiger partial charge in [0.05, 0.1) is 5.69 Å². The zero-order valence-corrected chi connectivity index (χ0v) is 10.4. The maximum Gasteiger partial charge on any atom is 0.270 e. The summed E-state index contributed by atoms with van der Waals surface area (Å²) in [6.07, 6.45) is 0. The van der Waals surface area contributed by atoms with Gasteiger partial charge in [-0.3, -0.25) is 9.89 Å². The summed E-state index contributed by atoms with van der Waals surface area (Å²) >= 11 is 2.20. The van der Waals surface area contributed by atoms with Gasteiger partial charge >= 0.3 is 0 Å². The number of alkyl halides is 1. The van der Waals surface area contributed by atoms with Crippen LogP contribution >= 0.6 is 22.6 Å². The number of nitrogens with zero attached hydrogens (tertiary/aromatic N) is 1. The van der Waals surface area contributed by atoms with E-state index >= 15 is 0 Å². The van der Waals surface area contributed by atoms with Gasteiger partial charge in [-0.15, -0.1) is 0 Å². The molecule has 1 atom stereocenters. The summed E-state index contributed by atoms with van der Waals surface area (Å²) in [7, 11) is 0. The Morgan fingerprint density at radius 3 is 2.75 bits per heavy atom. The van der Waals surface area contributed by atoms with E-state index in [1.165, 1.54) is 0 Å². The number of halogens is 1. The van der Waals surface area contributed by atoms with Crippen molar-refractivity contribution in [2.45, 2.75) is 4.05 Å². The van der Waals surface area contributed by atoms with Crippen LogP contribution in [0.15, 0.2) is 30.3 Å². The van der Waals surface area contributed by atoms with Crippen LogP contribution in [0.3, 0.4) is 0 Å². The van der Waals surface area contributed by atoms with Crippen LogP contribution < -0.4 is 5.32 Å². The van der Waals surface area contributed by atoms with Gasteiger partial charge in [0, 0.05) is 11.1 Å². The van der Waals surface area contributed by atoms with Crippen molar-refractivity contribution in [2.24, 2.45) is 0 Å². The van der Waals surface area contributed by atoms with Crippen molar-refractivity contribution < 1.29 is 4.79 Å². The minimum Gasteiger partial charge on any atom is -0.335 e. The highest BCUT2D eigenvalue weighted by Gasteiger charge is 2.32. The fraction of sp³-hybridized carbons (Fsp3) is 0.0909. The molecule has 4 nitrogen and oxygen atoms in total. The minimum absolute atomic E-state index is 0.00550. The van der Waals surface area contributed by atoms with E-state index in [9.17, 15) is 4.79 Å². The van der Waals surface area contributed by atoms with Crippen LogP contribution in [0.25, 0.3) is 11.3 Å². The Balaban J connectivity index is 2.18. The normalized spacial score (nSPS) is 18.3. The van der Waals surface area contributed by atoms with E-state index < -0.39 is 0 Å². The lowest BCUT2D eigenvalue weighted by molar-refractivity contribution is 0.0961. The largest absolute Gasteiger partial charge is 0.335 e. The van der Waals surface area contributed by atoms with E-state index in [1.54, 1.807) is 0 Å². The SMILES string of the molecule is O=C1NC(I)c2c(-c3ccccc3)n[nH]c21. The van der Waals surface area contributed by atoms with Crippen molar-refractivity contribution in [3.8, 4) is 11.3 Å². The van der Waals surface area contributed by atoms with E-state index in [1.807, 2.05) is 30.3 Å². The molecule has 1 unspecified atom stereocenters. The number of aromatic amines is 1. The van der Waals surface area contributed by atoms with E-state index in [2.05, 4.69) is 38.1 Å². The van der Waals surface area contributed by atoms with Gasteiger partial charge in [-0.1, -0.05) is 52.9 Å². The molecule has 0 aliphatic carbocycles. The van der Waals surface area contributed by atoms with Gasteiger partial charge in [-0.05, 0) is 0 Å². The monoisotopic (exact) mass is 325 g/mol. The summed E-state index contributed by atoms with van der Waals surface area (Å²) in [5.74, 6) is -0.0796. The topological polar surface area (TPSA) is 57.8 Å². The summed E-state index contributed by atoms with van der Waals surface area (Å²) in [6.45, 7) is 0. The van der Waals surface area contributed by atoms with Gasteiger partial charge in [0.15, 0.2) is 0 Å². The second-order valence-electron chi connectivity index (χ2n) is 3.56.